The van der Waals surface area contributed by atoms with Crippen molar-refractivity contribution in [3.8, 4) is 12.3 Å². The summed E-state index contributed by atoms with van der Waals surface area (Å²) in [6.07, 6.45) is 14.3. The lowest BCUT2D eigenvalue weighted by atomic mass is 9.81. The predicted molar refractivity (Wildman–Crippen MR) is 188 cm³/mol. The van der Waals surface area contributed by atoms with E-state index in [1.54, 1.807) is 24.3 Å². The maximum atomic E-state index is 12.5. The van der Waals surface area contributed by atoms with Gasteiger partial charge in [-0.1, -0.05) is 25.8 Å². The third-order valence-electron chi connectivity index (χ3n) is 9.12. The van der Waals surface area contributed by atoms with Gasteiger partial charge in [0.2, 0.25) is 5.69 Å². The summed E-state index contributed by atoms with van der Waals surface area (Å²) < 4.78 is 68.9. The Morgan fingerprint density at radius 2 is 1.61 bits per heavy atom. The van der Waals surface area contributed by atoms with Crippen molar-refractivity contribution in [2.24, 2.45) is 0 Å². The number of hydrogen-bond acceptors (Lipinski definition) is 7. The summed E-state index contributed by atoms with van der Waals surface area (Å²) in [5, 5.41) is 2.62. The van der Waals surface area contributed by atoms with E-state index < -0.39 is 31.1 Å². The van der Waals surface area contributed by atoms with E-state index >= 15 is 0 Å². The molecule has 0 saturated carbocycles. The number of allylic oxidation sites excluding steroid dienone is 6. The molecule has 0 unspecified atom stereocenters. The number of carbonyl (C=O) groups is 1. The van der Waals surface area contributed by atoms with Crippen LogP contribution < -0.4 is 10.2 Å². The largest absolute Gasteiger partial charge is 0.347 e. The molecule has 0 atom stereocenters. The first kappa shape index (κ1) is 35.4. The van der Waals surface area contributed by atoms with E-state index in [4.69, 9.17) is 6.42 Å². The van der Waals surface area contributed by atoms with Crippen LogP contribution in [0.15, 0.2) is 94.5 Å². The van der Waals surface area contributed by atoms with Crippen LogP contribution in [0.4, 0.5) is 11.4 Å². The highest BCUT2D eigenvalue weighted by atomic mass is 32.2. The number of amides is 1. The third-order valence-corrected chi connectivity index (χ3v) is 10.8. The average molecular weight is 702 g/mol. The van der Waals surface area contributed by atoms with Crippen molar-refractivity contribution < 1.29 is 35.3 Å². The van der Waals surface area contributed by atoms with Gasteiger partial charge in [0.1, 0.15) is 7.05 Å². The minimum atomic E-state index is -4.40. The molecule has 0 radical (unpaired) electrons. The van der Waals surface area contributed by atoms with Gasteiger partial charge in [-0.3, -0.25) is 18.9 Å². The van der Waals surface area contributed by atoms with Crippen molar-refractivity contribution in [1.29, 1.82) is 0 Å². The molecule has 2 aliphatic heterocycles. The number of aromatic nitrogens is 1. The maximum Gasteiger partial charge on any atom is 0.294 e. The molecular formula is C36H37N4O7S2+. The van der Waals surface area contributed by atoms with Crippen LogP contribution in [-0.4, -0.2) is 67.8 Å². The van der Waals surface area contributed by atoms with Gasteiger partial charge in [-0.15, -0.1) is 6.42 Å². The molecule has 0 bridgehead atoms. The van der Waals surface area contributed by atoms with Gasteiger partial charge in [0, 0.05) is 53.3 Å². The first-order valence-electron chi connectivity index (χ1n) is 15.2. The van der Waals surface area contributed by atoms with Crippen molar-refractivity contribution in [2.75, 3.05) is 25.5 Å². The number of nitrogens with zero attached hydrogens (tertiary/aromatic N) is 3. The van der Waals surface area contributed by atoms with Crippen LogP contribution in [0, 0.1) is 12.3 Å². The van der Waals surface area contributed by atoms with E-state index in [1.807, 2.05) is 75.6 Å². The molecule has 0 aliphatic carbocycles. The molecule has 0 spiro atoms. The molecule has 5 rings (SSSR count). The highest BCUT2D eigenvalue weighted by Crippen LogP contribution is 2.48. The highest BCUT2D eigenvalue weighted by molar-refractivity contribution is 7.86. The number of likely N-dealkylation sites (N-methyl/N-ethyl adjacent to an activating group) is 1. The SMILES string of the molecule is C#CCNC(=O)c1ccc(C(=C\C=C2\N(C)c3ccc(S(=O)(=O)O)cc3C2(C)C)/C=C/C2=[N+](C)c3ccc(S(=O)(=O)O)cc3C2(C)C)nc1. The molecule has 0 saturated heterocycles. The molecule has 1 amide bonds. The minimum absolute atomic E-state index is 0.0789. The summed E-state index contributed by atoms with van der Waals surface area (Å²) in [7, 11) is -5.05. The van der Waals surface area contributed by atoms with Gasteiger partial charge >= 0.3 is 0 Å². The van der Waals surface area contributed by atoms with E-state index in [0.717, 1.165) is 33.9 Å². The normalized spacial score (nSPS) is 17.7. The number of pyridine rings is 1. The number of hydrogen-bond donors (Lipinski definition) is 3. The van der Waals surface area contributed by atoms with Crippen LogP contribution in [0.1, 0.15) is 54.9 Å². The topological polar surface area (TPSA) is 157 Å². The zero-order chi connectivity index (χ0) is 36.1. The molecule has 3 aromatic rings. The second-order valence-corrected chi connectivity index (χ2v) is 15.7. The van der Waals surface area contributed by atoms with Crippen molar-refractivity contribution >= 4 is 48.8 Å². The number of nitrogens with one attached hydrogen (secondary N) is 1. The van der Waals surface area contributed by atoms with E-state index in [9.17, 15) is 30.7 Å². The molecule has 3 heterocycles. The molecule has 49 heavy (non-hydrogen) atoms. The van der Waals surface area contributed by atoms with Crippen LogP contribution in [0.3, 0.4) is 0 Å². The number of rotatable bonds is 8. The number of terminal acetylenes is 1. The maximum absolute atomic E-state index is 12.5. The number of fused-ring (bicyclic) bond motifs is 2. The smallest absolute Gasteiger partial charge is 0.294 e. The molecule has 11 nitrogen and oxygen atoms in total. The monoisotopic (exact) mass is 701 g/mol. The summed E-state index contributed by atoms with van der Waals surface area (Å²) in [6.45, 7) is 7.93. The molecular weight excluding hydrogens is 665 g/mol. The second-order valence-electron chi connectivity index (χ2n) is 12.9. The number of benzene rings is 2. The summed E-state index contributed by atoms with van der Waals surface area (Å²) >= 11 is 0. The fourth-order valence-corrected chi connectivity index (χ4v) is 7.46. The summed E-state index contributed by atoms with van der Waals surface area (Å²) in [5.74, 6) is 2.01. The number of anilines is 1. The van der Waals surface area contributed by atoms with Crippen molar-refractivity contribution in [3.63, 3.8) is 0 Å². The van der Waals surface area contributed by atoms with Gasteiger partial charge in [0.05, 0.1) is 33.0 Å². The molecule has 2 aliphatic rings. The quantitative estimate of drug-likeness (QED) is 0.129. The Kier molecular flexibility index (Phi) is 9.07. The van der Waals surface area contributed by atoms with Crippen LogP contribution in [0.5, 0.6) is 0 Å². The zero-order valence-electron chi connectivity index (χ0n) is 27.9. The molecule has 1 aromatic heterocycles. The molecule has 2 aromatic carbocycles. The Balaban J connectivity index is 1.60. The first-order valence-corrected chi connectivity index (χ1v) is 18.0. The van der Waals surface area contributed by atoms with Crippen LogP contribution in [0.25, 0.3) is 5.57 Å². The average Bonchev–Trinajstić information content (AvgIpc) is 3.35. The van der Waals surface area contributed by atoms with E-state index in [-0.39, 0.29) is 22.2 Å². The molecule has 3 N–H and O–H groups in total. The van der Waals surface area contributed by atoms with Crippen LogP contribution >= 0.6 is 0 Å². The van der Waals surface area contributed by atoms with Crippen LogP contribution in [0.2, 0.25) is 0 Å². The lowest BCUT2D eigenvalue weighted by Crippen LogP contribution is -2.26. The lowest BCUT2D eigenvalue weighted by molar-refractivity contribution is -0.401. The van der Waals surface area contributed by atoms with Crippen molar-refractivity contribution in [1.82, 2.24) is 10.3 Å². The van der Waals surface area contributed by atoms with Crippen molar-refractivity contribution in [2.45, 2.75) is 48.3 Å². The van der Waals surface area contributed by atoms with Gasteiger partial charge < -0.3 is 10.2 Å². The van der Waals surface area contributed by atoms with E-state index in [1.165, 1.54) is 30.5 Å². The summed E-state index contributed by atoms with van der Waals surface area (Å²) in [6, 6.07) is 12.4. The van der Waals surface area contributed by atoms with E-state index in [0.29, 0.717) is 16.8 Å². The van der Waals surface area contributed by atoms with Gasteiger partial charge in [-0.05, 0) is 74.0 Å². The Morgan fingerprint density at radius 3 is 2.20 bits per heavy atom. The number of carbonyl (C=O) groups excluding carboxylic acids is 1. The molecule has 0 fully saturated rings. The third kappa shape index (κ3) is 6.60. The zero-order valence-corrected chi connectivity index (χ0v) is 29.5. The van der Waals surface area contributed by atoms with Gasteiger partial charge in [0.25, 0.3) is 26.1 Å². The fraction of sp³-hybridized carbons (Fsp3) is 0.250. The van der Waals surface area contributed by atoms with E-state index in [2.05, 4.69) is 16.2 Å². The molecule has 254 valence electrons. The highest BCUT2D eigenvalue weighted by Gasteiger charge is 2.44. The lowest BCUT2D eigenvalue weighted by Gasteiger charge is -2.24. The van der Waals surface area contributed by atoms with Crippen molar-refractivity contribution in [3.05, 3.63) is 107 Å². The Labute approximate surface area is 286 Å². The minimum Gasteiger partial charge on any atom is -0.347 e. The van der Waals surface area contributed by atoms with Crippen LogP contribution in [-0.2, 0) is 31.1 Å². The predicted octanol–water partition coefficient (Wildman–Crippen LogP) is 4.90. The fourth-order valence-electron chi connectivity index (χ4n) is 6.45. The Bertz CT molecular complexity index is 2280. The second kappa shape index (κ2) is 12.5. The first-order chi connectivity index (χ1) is 22.8. The Morgan fingerprint density at radius 1 is 0.980 bits per heavy atom. The Hall–Kier alpha value is -4.87. The summed E-state index contributed by atoms with van der Waals surface area (Å²) in [4.78, 5) is 18.6. The molecule has 13 heteroatoms. The van der Waals surface area contributed by atoms with Gasteiger partial charge in [0.15, 0.2) is 5.71 Å². The van der Waals surface area contributed by atoms with Gasteiger partial charge in [-0.2, -0.15) is 21.4 Å². The standard InChI is InChI=1S/C36H36N4O7S2/c1-8-19-37-34(41)24-9-14-29(38-22-24)23(10-17-32-35(2,3)27-20-25(48(42,43)44)12-15-30(27)39(32)6)11-18-33-36(4,5)28-21-26(49(45,46)47)13-16-31(28)40(33)7/h1,9-18,20-22H,19H2,2-7H3,(H2-,37,41,42,43,44,45,46,47)/p+1. The van der Waals surface area contributed by atoms with Gasteiger partial charge in [-0.25, -0.2) is 0 Å². The summed E-state index contributed by atoms with van der Waals surface area (Å²) in [5.41, 5.74) is 5.02.